The minimum atomic E-state index is 0.361. The van der Waals surface area contributed by atoms with Crippen LogP contribution in [0.25, 0.3) is 0 Å². The van der Waals surface area contributed by atoms with Crippen molar-refractivity contribution in [2.24, 2.45) is 0 Å². The quantitative estimate of drug-likeness (QED) is 0.823. The van der Waals surface area contributed by atoms with Crippen molar-refractivity contribution in [3.05, 3.63) is 11.3 Å². The molecule has 1 aliphatic carbocycles. The molecule has 0 aromatic carbocycles. The molecule has 0 spiro atoms. The number of aromatic nitrogens is 2. The lowest BCUT2D eigenvalue weighted by atomic mass is 10.1. The summed E-state index contributed by atoms with van der Waals surface area (Å²) in [6, 6.07) is 1.19. The maximum atomic E-state index is 6.14. The number of rotatable bonds is 2. The lowest BCUT2D eigenvalue weighted by Gasteiger charge is -2.25. The molecule has 2 N–H and O–H groups in total. The van der Waals surface area contributed by atoms with Crippen molar-refractivity contribution in [1.29, 1.82) is 0 Å². The van der Waals surface area contributed by atoms with E-state index in [1.54, 1.807) is 0 Å². The van der Waals surface area contributed by atoms with Crippen LogP contribution < -0.4 is 5.73 Å². The van der Waals surface area contributed by atoms with Gasteiger partial charge < -0.3 is 5.73 Å². The number of hydrogen-bond acceptors (Lipinski definition) is 3. The van der Waals surface area contributed by atoms with Crippen LogP contribution in [0.5, 0.6) is 0 Å². The Balaban J connectivity index is 1.89. The van der Waals surface area contributed by atoms with E-state index in [1.165, 1.54) is 24.1 Å². The summed E-state index contributed by atoms with van der Waals surface area (Å²) >= 11 is 0. The van der Waals surface area contributed by atoms with Crippen LogP contribution in [0.1, 0.15) is 44.0 Å². The third-order valence-corrected chi connectivity index (χ3v) is 3.69. The molecule has 1 aromatic heterocycles. The van der Waals surface area contributed by atoms with E-state index in [4.69, 9.17) is 5.73 Å². The van der Waals surface area contributed by atoms with Crippen molar-refractivity contribution >= 4 is 5.82 Å². The van der Waals surface area contributed by atoms with Gasteiger partial charge >= 0.3 is 0 Å². The maximum absolute atomic E-state index is 6.14. The fourth-order valence-electron chi connectivity index (χ4n) is 2.60. The zero-order valence-electron chi connectivity index (χ0n) is 10.1. The first-order valence-electron chi connectivity index (χ1n) is 6.26. The molecule has 1 fully saturated rings. The topological polar surface area (TPSA) is 47.1 Å². The van der Waals surface area contributed by atoms with Crippen molar-refractivity contribution < 1.29 is 0 Å². The van der Waals surface area contributed by atoms with Gasteiger partial charge in [0, 0.05) is 30.7 Å². The largest absolute Gasteiger partial charge is 0.384 e. The molecule has 4 heteroatoms. The summed E-state index contributed by atoms with van der Waals surface area (Å²) in [4.78, 5) is 2.56. The lowest BCUT2D eigenvalue weighted by molar-refractivity contribution is 0.240. The van der Waals surface area contributed by atoms with E-state index < -0.39 is 0 Å². The van der Waals surface area contributed by atoms with E-state index in [9.17, 15) is 0 Å². The predicted octanol–water partition coefficient (Wildman–Crippen LogP) is 1.57. The van der Waals surface area contributed by atoms with E-state index in [1.807, 2.05) is 4.68 Å². The Labute approximate surface area is 96.4 Å². The summed E-state index contributed by atoms with van der Waals surface area (Å²) in [5.74, 6) is 0.889. The van der Waals surface area contributed by atoms with E-state index in [-0.39, 0.29) is 0 Å². The summed E-state index contributed by atoms with van der Waals surface area (Å²) < 4.78 is 1.97. The molecule has 0 unspecified atom stereocenters. The third-order valence-electron chi connectivity index (χ3n) is 3.69. The summed E-state index contributed by atoms with van der Waals surface area (Å²) in [6.45, 7) is 6.43. The van der Waals surface area contributed by atoms with Crippen LogP contribution in [0.4, 0.5) is 5.82 Å². The van der Waals surface area contributed by atoms with Crippen molar-refractivity contribution in [2.75, 3.05) is 12.3 Å². The Morgan fingerprint density at radius 1 is 1.38 bits per heavy atom. The second-order valence-corrected chi connectivity index (χ2v) is 5.30. The van der Waals surface area contributed by atoms with Gasteiger partial charge in [-0.3, -0.25) is 4.90 Å². The summed E-state index contributed by atoms with van der Waals surface area (Å²) in [7, 11) is 0. The van der Waals surface area contributed by atoms with Crippen molar-refractivity contribution in [2.45, 2.75) is 51.7 Å². The fraction of sp³-hybridized carbons (Fsp3) is 0.750. The highest BCUT2D eigenvalue weighted by Gasteiger charge is 2.33. The van der Waals surface area contributed by atoms with Gasteiger partial charge in [0.25, 0.3) is 0 Å². The van der Waals surface area contributed by atoms with Gasteiger partial charge in [0.2, 0.25) is 0 Å². The molecule has 0 radical (unpaired) electrons. The second kappa shape index (κ2) is 3.48. The van der Waals surface area contributed by atoms with Crippen LogP contribution in [-0.4, -0.2) is 27.3 Å². The Morgan fingerprint density at radius 3 is 2.75 bits per heavy atom. The highest BCUT2D eigenvalue weighted by Crippen LogP contribution is 2.33. The third kappa shape index (κ3) is 1.52. The average Bonchev–Trinajstić information content (AvgIpc) is 3.04. The number of hydrogen-bond donors (Lipinski definition) is 1. The molecular formula is C12H20N4. The number of nitrogens with zero attached hydrogens (tertiary/aromatic N) is 3. The Morgan fingerprint density at radius 2 is 2.12 bits per heavy atom. The Hall–Kier alpha value is -1.03. The van der Waals surface area contributed by atoms with Crippen LogP contribution in [0.3, 0.4) is 0 Å². The molecule has 0 amide bonds. The van der Waals surface area contributed by atoms with E-state index in [2.05, 4.69) is 23.8 Å². The first-order valence-corrected chi connectivity index (χ1v) is 6.26. The van der Waals surface area contributed by atoms with Gasteiger partial charge in [0.15, 0.2) is 0 Å². The van der Waals surface area contributed by atoms with Crippen molar-refractivity contribution in [3.63, 3.8) is 0 Å². The number of fused-ring (bicyclic) bond motifs is 1. The first-order chi connectivity index (χ1) is 7.66. The van der Waals surface area contributed by atoms with E-state index >= 15 is 0 Å². The number of nitrogen functional groups attached to an aromatic ring is 1. The normalized spacial score (nSPS) is 21.4. The molecule has 2 heterocycles. The van der Waals surface area contributed by atoms with Gasteiger partial charge in [-0.15, -0.1) is 0 Å². The molecule has 0 saturated heterocycles. The summed E-state index contributed by atoms with van der Waals surface area (Å²) in [5.41, 5.74) is 8.65. The molecule has 1 aliphatic heterocycles. The van der Waals surface area contributed by atoms with Crippen LogP contribution >= 0.6 is 0 Å². The molecule has 16 heavy (non-hydrogen) atoms. The molecule has 88 valence electrons. The van der Waals surface area contributed by atoms with Crippen LogP contribution in [0, 0.1) is 0 Å². The number of nitrogens with two attached hydrogens (primary N) is 1. The van der Waals surface area contributed by atoms with Crippen molar-refractivity contribution in [3.8, 4) is 0 Å². The monoisotopic (exact) mass is 220 g/mol. The molecule has 1 aromatic rings. The molecule has 0 bridgehead atoms. The Kier molecular flexibility index (Phi) is 2.21. The lowest BCUT2D eigenvalue weighted by Crippen LogP contribution is -2.32. The van der Waals surface area contributed by atoms with E-state index in [0.717, 1.165) is 31.4 Å². The van der Waals surface area contributed by atoms with Crippen LogP contribution in [0.15, 0.2) is 0 Å². The highest BCUT2D eigenvalue weighted by molar-refractivity contribution is 5.45. The molecular weight excluding hydrogens is 200 g/mol. The molecule has 2 aliphatic rings. The van der Waals surface area contributed by atoms with Crippen molar-refractivity contribution in [1.82, 2.24) is 14.7 Å². The summed E-state index contributed by atoms with van der Waals surface area (Å²) in [6.07, 6.45) is 3.82. The fourth-order valence-corrected chi connectivity index (χ4v) is 2.60. The zero-order valence-corrected chi connectivity index (χ0v) is 10.1. The standard InChI is InChI=1S/C12H20N4/c1-8(2)16-12(13)10-5-6-15(9-3-4-9)7-11(10)14-16/h8-9H,3-7,13H2,1-2H3. The van der Waals surface area contributed by atoms with Gasteiger partial charge in [0.05, 0.1) is 5.69 Å². The predicted molar refractivity (Wildman–Crippen MR) is 64.2 cm³/mol. The number of anilines is 1. The SMILES string of the molecule is CC(C)n1nc2c(c1N)CCN(C1CC1)C2. The summed E-state index contributed by atoms with van der Waals surface area (Å²) in [5, 5.41) is 4.66. The maximum Gasteiger partial charge on any atom is 0.125 e. The molecule has 0 atom stereocenters. The van der Waals surface area contributed by atoms with Gasteiger partial charge in [0.1, 0.15) is 5.82 Å². The first kappa shape index (κ1) is 10.1. The smallest absolute Gasteiger partial charge is 0.125 e. The Bertz CT molecular complexity index is 403. The van der Waals surface area contributed by atoms with Gasteiger partial charge in [-0.2, -0.15) is 5.10 Å². The highest BCUT2D eigenvalue weighted by atomic mass is 15.3. The zero-order chi connectivity index (χ0) is 11.3. The second-order valence-electron chi connectivity index (χ2n) is 5.30. The molecule has 4 nitrogen and oxygen atoms in total. The van der Waals surface area contributed by atoms with Gasteiger partial charge in [-0.1, -0.05) is 0 Å². The minimum Gasteiger partial charge on any atom is -0.384 e. The van der Waals surface area contributed by atoms with Crippen LogP contribution in [0.2, 0.25) is 0 Å². The van der Waals surface area contributed by atoms with Gasteiger partial charge in [-0.25, -0.2) is 4.68 Å². The molecule has 3 rings (SSSR count). The minimum absolute atomic E-state index is 0.361. The average molecular weight is 220 g/mol. The van der Waals surface area contributed by atoms with E-state index in [0.29, 0.717) is 6.04 Å². The van der Waals surface area contributed by atoms with Gasteiger partial charge in [-0.05, 0) is 33.1 Å². The van der Waals surface area contributed by atoms with Crippen LogP contribution in [-0.2, 0) is 13.0 Å². The molecule has 1 saturated carbocycles.